The normalized spacial score (nSPS) is 11.6. The van der Waals surface area contributed by atoms with Gasteiger partial charge in [-0.15, -0.1) is 0 Å². The molecule has 0 aliphatic rings. The number of para-hydroxylation sites is 4. The molecule has 2 heterocycles. The van der Waals surface area contributed by atoms with E-state index in [0.29, 0.717) is 0 Å². The van der Waals surface area contributed by atoms with Gasteiger partial charge in [0.1, 0.15) is 11.6 Å². The van der Waals surface area contributed by atoms with Gasteiger partial charge in [-0.05, 0) is 57.4 Å². The molecule has 0 aliphatic heterocycles. The molecular formula is C21H24N4. The Morgan fingerprint density at radius 3 is 1.56 bits per heavy atom. The van der Waals surface area contributed by atoms with Gasteiger partial charge in [0.05, 0.1) is 22.1 Å². The third-order valence-corrected chi connectivity index (χ3v) is 4.95. The molecule has 0 aliphatic carbocycles. The van der Waals surface area contributed by atoms with Crippen molar-refractivity contribution in [2.24, 2.45) is 0 Å². The van der Waals surface area contributed by atoms with E-state index in [-0.39, 0.29) is 0 Å². The van der Waals surface area contributed by atoms with Gasteiger partial charge < -0.3 is 9.13 Å². The number of unbranched alkanes of at least 4 members (excludes halogenated alkanes) is 2. The molecule has 25 heavy (non-hydrogen) atoms. The van der Waals surface area contributed by atoms with E-state index in [1.54, 1.807) is 0 Å². The van der Waals surface area contributed by atoms with Crippen molar-refractivity contribution in [3.05, 3.63) is 60.2 Å². The minimum Gasteiger partial charge on any atom is -0.328 e. The molecule has 0 radical (unpaired) electrons. The maximum atomic E-state index is 4.65. The average molecular weight is 332 g/mol. The van der Waals surface area contributed by atoms with Gasteiger partial charge in [-0.25, -0.2) is 9.97 Å². The second-order valence-corrected chi connectivity index (χ2v) is 6.66. The van der Waals surface area contributed by atoms with E-state index in [9.17, 15) is 0 Å². The second kappa shape index (κ2) is 6.71. The van der Waals surface area contributed by atoms with Crippen LogP contribution in [0, 0.1) is 13.8 Å². The van der Waals surface area contributed by atoms with E-state index in [0.717, 1.165) is 35.8 Å². The lowest BCUT2D eigenvalue weighted by Crippen LogP contribution is -2.03. The van der Waals surface area contributed by atoms with E-state index in [4.69, 9.17) is 0 Å². The van der Waals surface area contributed by atoms with Crippen molar-refractivity contribution in [2.75, 3.05) is 0 Å². The number of benzene rings is 2. The van der Waals surface area contributed by atoms with E-state index >= 15 is 0 Å². The zero-order chi connectivity index (χ0) is 17.2. The molecule has 0 spiro atoms. The molecule has 4 nitrogen and oxygen atoms in total. The van der Waals surface area contributed by atoms with E-state index in [1.165, 1.54) is 30.3 Å². The lowest BCUT2D eigenvalue weighted by Gasteiger charge is -2.09. The Kier molecular flexibility index (Phi) is 4.26. The van der Waals surface area contributed by atoms with Gasteiger partial charge in [0.15, 0.2) is 0 Å². The summed E-state index contributed by atoms with van der Waals surface area (Å²) in [6.07, 6.45) is 3.55. The van der Waals surface area contributed by atoms with Crippen LogP contribution in [0.15, 0.2) is 48.5 Å². The maximum Gasteiger partial charge on any atom is 0.106 e. The average Bonchev–Trinajstić information content (AvgIpc) is 3.11. The summed E-state index contributed by atoms with van der Waals surface area (Å²) in [6.45, 7) is 6.27. The first kappa shape index (κ1) is 15.9. The Morgan fingerprint density at radius 1 is 0.640 bits per heavy atom. The summed E-state index contributed by atoms with van der Waals surface area (Å²) >= 11 is 0. The van der Waals surface area contributed by atoms with Crippen LogP contribution in [0.5, 0.6) is 0 Å². The Labute approximate surface area is 148 Å². The van der Waals surface area contributed by atoms with Crippen LogP contribution in [-0.4, -0.2) is 19.1 Å². The highest BCUT2D eigenvalue weighted by Gasteiger charge is 2.07. The van der Waals surface area contributed by atoms with Gasteiger partial charge in [-0.1, -0.05) is 24.3 Å². The standard InChI is InChI=1S/C21H24N4/c1-16-22-18-10-4-6-12-20(18)24(16)14-8-3-9-15-25-17(2)23-19-11-5-7-13-21(19)25/h4-7,10-13H,3,8-9,14-15H2,1-2H3. The minimum atomic E-state index is 1.04. The molecule has 4 heteroatoms. The fourth-order valence-corrected chi connectivity index (χ4v) is 3.67. The summed E-state index contributed by atoms with van der Waals surface area (Å²) in [5, 5.41) is 0. The topological polar surface area (TPSA) is 35.6 Å². The number of hydrogen-bond acceptors (Lipinski definition) is 2. The first-order valence-corrected chi connectivity index (χ1v) is 9.08. The zero-order valence-electron chi connectivity index (χ0n) is 14.9. The zero-order valence-corrected chi connectivity index (χ0v) is 14.9. The summed E-state index contributed by atoms with van der Waals surface area (Å²) < 4.78 is 4.68. The third-order valence-electron chi connectivity index (χ3n) is 4.95. The van der Waals surface area contributed by atoms with Crippen LogP contribution in [0.3, 0.4) is 0 Å². The number of hydrogen-bond donors (Lipinski definition) is 0. The molecule has 0 fully saturated rings. The summed E-state index contributed by atoms with van der Waals surface area (Å²) in [5.74, 6) is 2.22. The summed E-state index contributed by atoms with van der Waals surface area (Å²) in [6, 6.07) is 16.8. The molecule has 0 N–H and O–H groups in total. The second-order valence-electron chi connectivity index (χ2n) is 6.66. The highest BCUT2D eigenvalue weighted by atomic mass is 15.1. The maximum absolute atomic E-state index is 4.65. The Hall–Kier alpha value is -2.62. The Bertz CT molecular complexity index is 927. The number of fused-ring (bicyclic) bond motifs is 2. The quantitative estimate of drug-likeness (QED) is 0.472. The molecule has 128 valence electrons. The molecular weight excluding hydrogens is 308 g/mol. The number of rotatable bonds is 6. The SMILES string of the molecule is Cc1nc2ccccc2n1CCCCCn1c(C)nc2ccccc21. The van der Waals surface area contributed by atoms with Crippen molar-refractivity contribution < 1.29 is 0 Å². The van der Waals surface area contributed by atoms with Crippen molar-refractivity contribution in [3.8, 4) is 0 Å². The van der Waals surface area contributed by atoms with Gasteiger partial charge >= 0.3 is 0 Å². The summed E-state index contributed by atoms with van der Waals surface area (Å²) in [4.78, 5) is 9.30. The van der Waals surface area contributed by atoms with Gasteiger partial charge in [0.2, 0.25) is 0 Å². The van der Waals surface area contributed by atoms with Crippen molar-refractivity contribution >= 4 is 22.1 Å². The van der Waals surface area contributed by atoms with Crippen molar-refractivity contribution in [1.29, 1.82) is 0 Å². The molecule has 4 rings (SSSR count). The molecule has 4 aromatic rings. The van der Waals surface area contributed by atoms with Crippen molar-refractivity contribution in [3.63, 3.8) is 0 Å². The van der Waals surface area contributed by atoms with Gasteiger partial charge in [-0.3, -0.25) is 0 Å². The monoisotopic (exact) mass is 332 g/mol. The molecule has 0 saturated heterocycles. The van der Waals surface area contributed by atoms with Crippen LogP contribution in [0.4, 0.5) is 0 Å². The van der Waals surface area contributed by atoms with Gasteiger partial charge in [-0.2, -0.15) is 0 Å². The van der Waals surface area contributed by atoms with E-state index in [2.05, 4.69) is 81.5 Å². The largest absolute Gasteiger partial charge is 0.328 e. The Morgan fingerprint density at radius 2 is 1.08 bits per heavy atom. The van der Waals surface area contributed by atoms with Crippen LogP contribution in [0.2, 0.25) is 0 Å². The third kappa shape index (κ3) is 3.04. The number of nitrogens with zero attached hydrogens (tertiary/aromatic N) is 4. The molecule has 0 saturated carbocycles. The predicted octanol–water partition coefficient (Wildman–Crippen LogP) is 4.87. The van der Waals surface area contributed by atoms with Crippen molar-refractivity contribution in [2.45, 2.75) is 46.2 Å². The van der Waals surface area contributed by atoms with Crippen LogP contribution >= 0.6 is 0 Å². The van der Waals surface area contributed by atoms with E-state index in [1.807, 2.05) is 0 Å². The van der Waals surface area contributed by atoms with Crippen molar-refractivity contribution in [1.82, 2.24) is 19.1 Å². The first-order chi connectivity index (χ1) is 12.2. The minimum absolute atomic E-state index is 1.04. The predicted molar refractivity (Wildman–Crippen MR) is 103 cm³/mol. The summed E-state index contributed by atoms with van der Waals surface area (Å²) in [7, 11) is 0. The fraction of sp³-hybridized carbons (Fsp3) is 0.333. The number of aromatic nitrogens is 4. The van der Waals surface area contributed by atoms with Crippen LogP contribution in [0.25, 0.3) is 22.1 Å². The fourth-order valence-electron chi connectivity index (χ4n) is 3.67. The molecule has 0 unspecified atom stereocenters. The highest BCUT2D eigenvalue weighted by Crippen LogP contribution is 2.18. The lowest BCUT2D eigenvalue weighted by atomic mass is 10.2. The van der Waals surface area contributed by atoms with Crippen LogP contribution in [0.1, 0.15) is 30.9 Å². The number of aryl methyl sites for hydroxylation is 4. The smallest absolute Gasteiger partial charge is 0.106 e. The van der Waals surface area contributed by atoms with Crippen LogP contribution < -0.4 is 0 Å². The first-order valence-electron chi connectivity index (χ1n) is 9.08. The molecule has 0 bridgehead atoms. The van der Waals surface area contributed by atoms with Crippen LogP contribution in [-0.2, 0) is 13.1 Å². The highest BCUT2D eigenvalue weighted by molar-refractivity contribution is 5.76. The lowest BCUT2D eigenvalue weighted by molar-refractivity contribution is 0.546. The summed E-state index contributed by atoms with van der Waals surface area (Å²) in [5.41, 5.74) is 4.69. The van der Waals surface area contributed by atoms with Gasteiger partial charge in [0, 0.05) is 13.1 Å². The molecule has 2 aromatic heterocycles. The van der Waals surface area contributed by atoms with Gasteiger partial charge in [0.25, 0.3) is 0 Å². The number of imidazole rings is 2. The molecule has 0 atom stereocenters. The van der Waals surface area contributed by atoms with E-state index < -0.39 is 0 Å². The Balaban J connectivity index is 1.36. The molecule has 0 amide bonds. The molecule has 2 aromatic carbocycles.